The van der Waals surface area contributed by atoms with E-state index in [0.29, 0.717) is 30.9 Å². The molecule has 1 unspecified atom stereocenters. The number of ether oxygens (including phenoxy) is 2. The summed E-state index contributed by atoms with van der Waals surface area (Å²) in [4.78, 5) is 23.6. The zero-order chi connectivity index (χ0) is 15.8. The number of nitrogens with one attached hydrogen (secondary N) is 1. The maximum Gasteiger partial charge on any atom is 0.339 e. The number of amides is 1. The zero-order valence-electron chi connectivity index (χ0n) is 12.2. The fourth-order valence-corrected chi connectivity index (χ4v) is 1.65. The minimum Gasteiger partial charge on any atom is -0.449 e. The normalized spacial score (nSPS) is 11.7. The molecule has 0 saturated heterocycles. The summed E-state index contributed by atoms with van der Waals surface area (Å²) in [6.45, 7) is 2.51. The third kappa shape index (κ3) is 5.70. The molecule has 7 heteroatoms. The molecular formula is C14H21N3O4. The third-order valence-electron chi connectivity index (χ3n) is 2.69. The van der Waals surface area contributed by atoms with Crippen LogP contribution in [0.15, 0.2) is 18.2 Å². The van der Waals surface area contributed by atoms with Crippen molar-refractivity contribution in [1.29, 1.82) is 0 Å². The summed E-state index contributed by atoms with van der Waals surface area (Å²) >= 11 is 0. The number of nitrogen functional groups attached to an aromatic ring is 2. The molecular weight excluding hydrogens is 274 g/mol. The van der Waals surface area contributed by atoms with Gasteiger partial charge in [0.25, 0.3) is 5.91 Å². The van der Waals surface area contributed by atoms with Crippen LogP contribution in [0.1, 0.15) is 23.7 Å². The van der Waals surface area contributed by atoms with Gasteiger partial charge in [-0.25, -0.2) is 4.79 Å². The minimum atomic E-state index is -0.900. The van der Waals surface area contributed by atoms with Gasteiger partial charge in [0, 0.05) is 31.6 Å². The molecule has 0 bridgehead atoms. The van der Waals surface area contributed by atoms with Gasteiger partial charge in [-0.1, -0.05) is 0 Å². The molecule has 1 aromatic carbocycles. The highest BCUT2D eigenvalue weighted by Gasteiger charge is 2.18. The van der Waals surface area contributed by atoms with E-state index in [1.54, 1.807) is 7.11 Å². The molecule has 7 nitrogen and oxygen atoms in total. The fourth-order valence-electron chi connectivity index (χ4n) is 1.65. The van der Waals surface area contributed by atoms with Gasteiger partial charge in [-0.3, -0.25) is 4.79 Å². The number of hydrogen-bond acceptors (Lipinski definition) is 6. The first-order valence-electron chi connectivity index (χ1n) is 6.57. The number of carbonyl (C=O) groups excluding carboxylic acids is 2. The van der Waals surface area contributed by atoms with E-state index in [1.807, 2.05) is 0 Å². The van der Waals surface area contributed by atoms with Crippen LogP contribution in [0.4, 0.5) is 11.4 Å². The zero-order valence-corrected chi connectivity index (χ0v) is 12.2. The van der Waals surface area contributed by atoms with Crippen LogP contribution in [0.3, 0.4) is 0 Å². The Morgan fingerprint density at radius 3 is 2.43 bits per heavy atom. The average Bonchev–Trinajstić information content (AvgIpc) is 2.42. The maximum atomic E-state index is 11.9. The molecule has 0 aliphatic heterocycles. The molecule has 0 aliphatic carbocycles. The summed E-state index contributed by atoms with van der Waals surface area (Å²) in [6, 6.07) is 4.42. The van der Waals surface area contributed by atoms with Crippen molar-refractivity contribution in [3.63, 3.8) is 0 Å². The van der Waals surface area contributed by atoms with Crippen LogP contribution < -0.4 is 16.8 Å². The Kier molecular flexibility index (Phi) is 6.48. The molecule has 21 heavy (non-hydrogen) atoms. The number of hydrogen-bond donors (Lipinski definition) is 3. The number of esters is 1. The van der Waals surface area contributed by atoms with E-state index in [1.165, 1.54) is 25.1 Å². The van der Waals surface area contributed by atoms with Crippen LogP contribution in [0.2, 0.25) is 0 Å². The molecule has 1 atom stereocenters. The van der Waals surface area contributed by atoms with Crippen molar-refractivity contribution in [2.24, 2.45) is 0 Å². The van der Waals surface area contributed by atoms with Crippen LogP contribution in [0.5, 0.6) is 0 Å². The van der Waals surface area contributed by atoms with Crippen LogP contribution in [-0.4, -0.2) is 38.2 Å². The predicted molar refractivity (Wildman–Crippen MR) is 79.6 cm³/mol. The molecule has 0 spiro atoms. The topological polar surface area (TPSA) is 117 Å². The largest absolute Gasteiger partial charge is 0.449 e. The Bertz CT molecular complexity index is 485. The highest BCUT2D eigenvalue weighted by Crippen LogP contribution is 2.15. The van der Waals surface area contributed by atoms with E-state index in [-0.39, 0.29) is 11.5 Å². The third-order valence-corrected chi connectivity index (χ3v) is 2.69. The molecule has 1 amide bonds. The van der Waals surface area contributed by atoms with Gasteiger partial charge in [0.1, 0.15) is 0 Å². The molecule has 0 aromatic heterocycles. The highest BCUT2D eigenvalue weighted by molar-refractivity contribution is 5.94. The number of anilines is 2. The maximum absolute atomic E-state index is 11.9. The Morgan fingerprint density at radius 1 is 1.24 bits per heavy atom. The van der Waals surface area contributed by atoms with Gasteiger partial charge in [0.15, 0.2) is 6.10 Å². The highest BCUT2D eigenvalue weighted by atomic mass is 16.5. The summed E-state index contributed by atoms with van der Waals surface area (Å²) in [6.07, 6.45) is -0.211. The number of rotatable bonds is 7. The lowest BCUT2D eigenvalue weighted by molar-refractivity contribution is -0.129. The first-order valence-corrected chi connectivity index (χ1v) is 6.57. The van der Waals surface area contributed by atoms with Crippen molar-refractivity contribution in [2.75, 3.05) is 31.7 Å². The molecule has 1 rings (SSSR count). The average molecular weight is 295 g/mol. The molecule has 116 valence electrons. The lowest BCUT2D eigenvalue weighted by atomic mass is 10.2. The number of nitrogens with two attached hydrogens (primary N) is 2. The van der Waals surface area contributed by atoms with E-state index in [4.69, 9.17) is 20.9 Å². The monoisotopic (exact) mass is 295 g/mol. The van der Waals surface area contributed by atoms with Crippen LogP contribution in [0, 0.1) is 0 Å². The summed E-state index contributed by atoms with van der Waals surface area (Å²) in [7, 11) is 1.59. The van der Waals surface area contributed by atoms with Gasteiger partial charge in [0.2, 0.25) is 0 Å². The van der Waals surface area contributed by atoms with E-state index < -0.39 is 12.1 Å². The van der Waals surface area contributed by atoms with Gasteiger partial charge < -0.3 is 26.3 Å². The summed E-state index contributed by atoms with van der Waals surface area (Å²) in [5, 5.41) is 2.65. The van der Waals surface area contributed by atoms with E-state index in [9.17, 15) is 9.59 Å². The van der Waals surface area contributed by atoms with Crippen molar-refractivity contribution in [3.8, 4) is 0 Å². The van der Waals surface area contributed by atoms with Crippen molar-refractivity contribution in [3.05, 3.63) is 23.8 Å². The molecule has 0 saturated carbocycles. The Labute approximate surface area is 123 Å². The Balaban J connectivity index is 2.51. The molecule has 0 radical (unpaired) electrons. The molecule has 0 fully saturated rings. The van der Waals surface area contributed by atoms with E-state index in [2.05, 4.69) is 5.32 Å². The van der Waals surface area contributed by atoms with Gasteiger partial charge in [-0.2, -0.15) is 0 Å². The van der Waals surface area contributed by atoms with Gasteiger partial charge in [-0.15, -0.1) is 0 Å². The lowest BCUT2D eigenvalue weighted by Crippen LogP contribution is -2.36. The van der Waals surface area contributed by atoms with E-state index in [0.717, 1.165) is 0 Å². The summed E-state index contributed by atoms with van der Waals surface area (Å²) in [5.74, 6) is -1.01. The van der Waals surface area contributed by atoms with Crippen LogP contribution >= 0.6 is 0 Å². The van der Waals surface area contributed by atoms with Crippen LogP contribution in [0.25, 0.3) is 0 Å². The quantitative estimate of drug-likeness (QED) is 0.384. The number of benzene rings is 1. The van der Waals surface area contributed by atoms with Crippen molar-refractivity contribution >= 4 is 23.3 Å². The SMILES string of the molecule is COCCCNC(=O)C(C)OC(=O)c1cc(N)cc(N)c1. The van der Waals surface area contributed by atoms with E-state index >= 15 is 0 Å². The second-order valence-corrected chi connectivity index (χ2v) is 4.57. The van der Waals surface area contributed by atoms with Gasteiger partial charge >= 0.3 is 5.97 Å². The second kappa shape index (κ2) is 8.11. The molecule has 1 aromatic rings. The number of methoxy groups -OCH3 is 1. The second-order valence-electron chi connectivity index (χ2n) is 4.57. The summed E-state index contributed by atoms with van der Waals surface area (Å²) < 4.78 is 9.94. The van der Waals surface area contributed by atoms with Crippen molar-refractivity contribution < 1.29 is 19.1 Å². The van der Waals surface area contributed by atoms with Gasteiger partial charge in [0.05, 0.1) is 5.56 Å². The molecule has 0 aliphatic rings. The van der Waals surface area contributed by atoms with Gasteiger partial charge in [-0.05, 0) is 31.5 Å². The fraction of sp³-hybridized carbons (Fsp3) is 0.429. The first kappa shape index (κ1) is 16.8. The smallest absolute Gasteiger partial charge is 0.339 e. The standard InChI is InChI=1S/C14H21N3O4/c1-9(13(18)17-4-3-5-20-2)21-14(19)10-6-11(15)8-12(16)7-10/h6-9H,3-5,15-16H2,1-2H3,(H,17,18). The van der Waals surface area contributed by atoms with Crippen molar-refractivity contribution in [1.82, 2.24) is 5.32 Å². The van der Waals surface area contributed by atoms with Crippen molar-refractivity contribution in [2.45, 2.75) is 19.4 Å². The Hall–Kier alpha value is -2.28. The molecule has 5 N–H and O–H groups in total. The minimum absolute atomic E-state index is 0.214. The molecule has 0 heterocycles. The number of carbonyl (C=O) groups is 2. The first-order chi connectivity index (χ1) is 9.93. The summed E-state index contributed by atoms with van der Waals surface area (Å²) in [5.41, 5.74) is 12.1. The van der Waals surface area contributed by atoms with Crippen LogP contribution in [-0.2, 0) is 14.3 Å². The predicted octanol–water partition coefficient (Wildman–Crippen LogP) is 0.549. The lowest BCUT2D eigenvalue weighted by Gasteiger charge is -2.14. The Morgan fingerprint density at radius 2 is 1.86 bits per heavy atom.